The van der Waals surface area contributed by atoms with Crippen LogP contribution in [0.25, 0.3) is 10.9 Å². The first-order chi connectivity index (χ1) is 12.5. The molecule has 0 aliphatic carbocycles. The number of benzene rings is 2. The van der Waals surface area contributed by atoms with Gasteiger partial charge >= 0.3 is 0 Å². The van der Waals surface area contributed by atoms with Gasteiger partial charge in [-0.2, -0.15) is 0 Å². The molecule has 0 saturated carbocycles. The van der Waals surface area contributed by atoms with Gasteiger partial charge in [-0.25, -0.2) is 0 Å². The molecule has 0 fully saturated rings. The van der Waals surface area contributed by atoms with Crippen LogP contribution in [0.15, 0.2) is 48.5 Å². The molecule has 1 amide bonds. The van der Waals surface area contributed by atoms with Gasteiger partial charge in [0.15, 0.2) is 0 Å². The summed E-state index contributed by atoms with van der Waals surface area (Å²) >= 11 is 0. The standard InChI is InChI=1S/C22H27N3O/c1-16-17(2)25(15-18-8-6-5-7-9-18)21-11-10-19(14-20(16)21)22(26)23-12-13-24(3)4/h5-11,14H,12-13,15H2,1-4H3,(H,23,26)/p+1. The van der Waals surface area contributed by atoms with E-state index in [9.17, 15) is 4.79 Å². The largest absolute Gasteiger partial charge is 0.346 e. The first-order valence-corrected chi connectivity index (χ1v) is 9.18. The van der Waals surface area contributed by atoms with Gasteiger partial charge in [-0.05, 0) is 43.2 Å². The molecule has 0 spiro atoms. The Kier molecular flexibility index (Phi) is 5.43. The normalized spacial score (nSPS) is 11.3. The minimum Gasteiger partial charge on any atom is -0.346 e. The number of aryl methyl sites for hydroxylation is 1. The van der Waals surface area contributed by atoms with E-state index in [1.165, 1.54) is 27.2 Å². The molecule has 1 heterocycles. The summed E-state index contributed by atoms with van der Waals surface area (Å²) in [6.07, 6.45) is 0. The SMILES string of the molecule is Cc1c(C)n(Cc2ccccc2)c2ccc(C(=O)NCC[NH+](C)C)cc12. The molecule has 0 saturated heterocycles. The number of carbonyl (C=O) groups is 1. The number of quaternary nitrogens is 1. The summed E-state index contributed by atoms with van der Waals surface area (Å²) in [7, 11) is 4.17. The second-order valence-electron chi connectivity index (χ2n) is 7.23. The first-order valence-electron chi connectivity index (χ1n) is 9.18. The Morgan fingerprint density at radius 3 is 2.50 bits per heavy atom. The highest BCUT2D eigenvalue weighted by molar-refractivity contribution is 5.99. The van der Waals surface area contributed by atoms with E-state index in [-0.39, 0.29) is 5.91 Å². The van der Waals surface area contributed by atoms with Gasteiger partial charge < -0.3 is 14.8 Å². The number of nitrogens with zero attached hydrogens (tertiary/aromatic N) is 1. The van der Waals surface area contributed by atoms with Crippen molar-refractivity contribution in [3.8, 4) is 0 Å². The van der Waals surface area contributed by atoms with Crippen molar-refractivity contribution < 1.29 is 9.69 Å². The number of fused-ring (bicyclic) bond motifs is 1. The van der Waals surface area contributed by atoms with Gasteiger partial charge in [-0.15, -0.1) is 0 Å². The molecule has 136 valence electrons. The second kappa shape index (κ2) is 7.75. The molecule has 0 aliphatic rings. The van der Waals surface area contributed by atoms with Crippen molar-refractivity contribution >= 4 is 16.8 Å². The number of nitrogens with one attached hydrogen (secondary N) is 2. The van der Waals surface area contributed by atoms with Crippen LogP contribution in [0.2, 0.25) is 0 Å². The lowest BCUT2D eigenvalue weighted by molar-refractivity contribution is -0.856. The Hall–Kier alpha value is -2.59. The Bertz CT molecular complexity index is 910. The van der Waals surface area contributed by atoms with Crippen molar-refractivity contribution in [1.29, 1.82) is 0 Å². The van der Waals surface area contributed by atoms with E-state index in [0.717, 1.165) is 24.0 Å². The smallest absolute Gasteiger partial charge is 0.251 e. The van der Waals surface area contributed by atoms with Gasteiger partial charge in [-0.3, -0.25) is 4.79 Å². The highest BCUT2D eigenvalue weighted by Gasteiger charge is 2.14. The summed E-state index contributed by atoms with van der Waals surface area (Å²) in [5.74, 6) is 0.000937. The Morgan fingerprint density at radius 2 is 1.81 bits per heavy atom. The quantitative estimate of drug-likeness (QED) is 0.703. The molecule has 2 aromatic carbocycles. The fraction of sp³-hybridized carbons (Fsp3) is 0.318. The zero-order chi connectivity index (χ0) is 18.7. The van der Waals surface area contributed by atoms with Crippen LogP contribution < -0.4 is 10.2 Å². The average Bonchev–Trinajstić information content (AvgIpc) is 2.87. The van der Waals surface area contributed by atoms with Gasteiger partial charge in [0.2, 0.25) is 0 Å². The molecule has 0 bridgehead atoms. The lowest BCUT2D eigenvalue weighted by atomic mass is 10.1. The lowest BCUT2D eigenvalue weighted by Crippen LogP contribution is -3.06. The van der Waals surface area contributed by atoms with E-state index in [1.54, 1.807) is 0 Å². The maximum Gasteiger partial charge on any atom is 0.251 e. The van der Waals surface area contributed by atoms with Crippen LogP contribution in [0, 0.1) is 13.8 Å². The van der Waals surface area contributed by atoms with E-state index in [0.29, 0.717) is 6.54 Å². The lowest BCUT2D eigenvalue weighted by Gasteiger charge is -2.10. The third-order valence-corrected chi connectivity index (χ3v) is 5.00. The van der Waals surface area contributed by atoms with Crippen LogP contribution in [-0.4, -0.2) is 37.7 Å². The summed E-state index contributed by atoms with van der Waals surface area (Å²) < 4.78 is 2.33. The fourth-order valence-electron chi connectivity index (χ4n) is 3.29. The van der Waals surface area contributed by atoms with Gasteiger partial charge in [0.1, 0.15) is 0 Å². The highest BCUT2D eigenvalue weighted by atomic mass is 16.1. The van der Waals surface area contributed by atoms with Crippen molar-refractivity contribution in [2.24, 2.45) is 0 Å². The first kappa shape index (κ1) is 18.2. The Morgan fingerprint density at radius 1 is 1.08 bits per heavy atom. The van der Waals surface area contributed by atoms with Crippen molar-refractivity contribution in [2.45, 2.75) is 20.4 Å². The van der Waals surface area contributed by atoms with Gasteiger partial charge in [0, 0.05) is 28.7 Å². The van der Waals surface area contributed by atoms with E-state index >= 15 is 0 Å². The van der Waals surface area contributed by atoms with Crippen molar-refractivity contribution in [3.63, 3.8) is 0 Å². The zero-order valence-corrected chi connectivity index (χ0v) is 16.1. The van der Waals surface area contributed by atoms with Crippen LogP contribution >= 0.6 is 0 Å². The Labute approximate surface area is 155 Å². The monoisotopic (exact) mass is 350 g/mol. The molecule has 2 N–H and O–H groups in total. The van der Waals surface area contributed by atoms with Crippen LogP contribution in [0.5, 0.6) is 0 Å². The molecular weight excluding hydrogens is 322 g/mol. The minimum absolute atomic E-state index is 0.000937. The predicted molar refractivity (Wildman–Crippen MR) is 107 cm³/mol. The molecule has 1 aromatic heterocycles. The van der Waals surface area contributed by atoms with E-state index in [2.05, 4.69) is 68.2 Å². The Balaban J connectivity index is 1.88. The summed E-state index contributed by atoms with van der Waals surface area (Å²) in [5, 5.41) is 4.17. The maximum atomic E-state index is 12.4. The minimum atomic E-state index is 0.000937. The third-order valence-electron chi connectivity index (χ3n) is 5.00. The van der Waals surface area contributed by atoms with Crippen molar-refractivity contribution in [3.05, 3.63) is 70.9 Å². The fourth-order valence-corrected chi connectivity index (χ4v) is 3.29. The highest BCUT2D eigenvalue weighted by Crippen LogP contribution is 2.27. The molecule has 0 atom stereocenters. The number of likely N-dealkylation sites (N-methyl/N-ethyl adjacent to an activating group) is 1. The number of carbonyl (C=O) groups excluding carboxylic acids is 1. The van der Waals surface area contributed by atoms with Crippen LogP contribution in [-0.2, 0) is 6.54 Å². The molecule has 0 radical (unpaired) electrons. The number of hydrogen-bond acceptors (Lipinski definition) is 1. The van der Waals surface area contributed by atoms with E-state index in [4.69, 9.17) is 0 Å². The third kappa shape index (κ3) is 3.81. The molecule has 3 aromatic rings. The summed E-state index contributed by atoms with van der Waals surface area (Å²) in [5.41, 5.74) is 5.67. The van der Waals surface area contributed by atoms with Crippen LogP contribution in [0.3, 0.4) is 0 Å². The van der Waals surface area contributed by atoms with E-state index in [1.807, 2.05) is 18.2 Å². The van der Waals surface area contributed by atoms with Crippen molar-refractivity contribution in [1.82, 2.24) is 9.88 Å². The van der Waals surface area contributed by atoms with Crippen molar-refractivity contribution in [2.75, 3.05) is 27.2 Å². The van der Waals surface area contributed by atoms with Gasteiger partial charge in [0.25, 0.3) is 5.91 Å². The molecule has 0 unspecified atom stereocenters. The maximum absolute atomic E-state index is 12.4. The van der Waals surface area contributed by atoms with E-state index < -0.39 is 0 Å². The number of aromatic nitrogens is 1. The number of rotatable bonds is 6. The molecule has 0 aliphatic heterocycles. The topological polar surface area (TPSA) is 38.5 Å². The second-order valence-corrected chi connectivity index (χ2v) is 7.23. The summed E-state index contributed by atoms with van der Waals surface area (Å²) in [6, 6.07) is 16.5. The number of hydrogen-bond donors (Lipinski definition) is 2. The molecular formula is C22H28N3O+. The zero-order valence-electron chi connectivity index (χ0n) is 16.1. The molecule has 4 heteroatoms. The summed E-state index contributed by atoms with van der Waals surface area (Å²) in [6.45, 7) is 6.73. The number of amides is 1. The molecule has 4 nitrogen and oxygen atoms in total. The van der Waals surface area contributed by atoms with Gasteiger partial charge in [-0.1, -0.05) is 30.3 Å². The van der Waals surface area contributed by atoms with Gasteiger partial charge in [0.05, 0.1) is 27.2 Å². The van der Waals surface area contributed by atoms with Crippen LogP contribution in [0.4, 0.5) is 0 Å². The predicted octanol–water partition coefficient (Wildman–Crippen LogP) is 2.18. The summed E-state index contributed by atoms with van der Waals surface area (Å²) in [4.78, 5) is 13.8. The average molecular weight is 350 g/mol. The van der Waals surface area contributed by atoms with Crippen LogP contribution in [0.1, 0.15) is 27.2 Å². The molecule has 3 rings (SSSR count). The molecule has 26 heavy (non-hydrogen) atoms.